The van der Waals surface area contributed by atoms with Crippen molar-refractivity contribution >= 4 is 29.5 Å². The normalized spacial score (nSPS) is 21.1. The zero-order chi connectivity index (χ0) is 21.2. The molecule has 3 aliphatic rings. The lowest BCUT2D eigenvalue weighted by Gasteiger charge is -2.32. The summed E-state index contributed by atoms with van der Waals surface area (Å²) in [7, 11) is 0. The van der Waals surface area contributed by atoms with E-state index in [0.29, 0.717) is 36.3 Å². The Balaban J connectivity index is 1.29. The van der Waals surface area contributed by atoms with E-state index in [1.54, 1.807) is 24.7 Å². The molecule has 2 N–H and O–H groups in total. The lowest BCUT2D eigenvalue weighted by Crippen LogP contribution is -2.38. The molecule has 2 aromatic heterocycles. The molecular formula is C22H25N7O2. The molecule has 1 atom stereocenters. The highest BCUT2D eigenvalue weighted by molar-refractivity contribution is 6.05. The van der Waals surface area contributed by atoms with E-state index in [-0.39, 0.29) is 12.0 Å². The molecule has 0 radical (unpaired) electrons. The second-order valence-corrected chi connectivity index (χ2v) is 8.18. The average molecular weight is 419 g/mol. The van der Waals surface area contributed by atoms with Crippen LogP contribution >= 0.6 is 0 Å². The fourth-order valence-electron chi connectivity index (χ4n) is 3.94. The molecule has 0 bridgehead atoms. The summed E-state index contributed by atoms with van der Waals surface area (Å²) in [6.07, 6.45) is 7.17. The SMILES string of the molecule is O=C(Nc1cccc(C2=NN=CN(C3CC3)C2)n1)c1cc(N2CCCC(O)C2)ccn1. The number of aliphatic hydroxyl groups is 1. The number of hydrogen-bond donors (Lipinski definition) is 2. The molecule has 2 fully saturated rings. The van der Waals surface area contributed by atoms with Crippen molar-refractivity contribution in [1.82, 2.24) is 14.9 Å². The Hall–Kier alpha value is -3.33. The van der Waals surface area contributed by atoms with Gasteiger partial charge in [0.2, 0.25) is 0 Å². The average Bonchev–Trinajstić information content (AvgIpc) is 3.65. The smallest absolute Gasteiger partial charge is 0.275 e. The molecule has 31 heavy (non-hydrogen) atoms. The number of carbonyl (C=O) groups is 1. The van der Waals surface area contributed by atoms with E-state index in [2.05, 4.69) is 35.3 Å². The number of nitrogens with one attached hydrogen (secondary N) is 1. The van der Waals surface area contributed by atoms with Crippen molar-refractivity contribution in [2.24, 2.45) is 10.2 Å². The van der Waals surface area contributed by atoms with Crippen LogP contribution in [0.4, 0.5) is 11.5 Å². The highest BCUT2D eigenvalue weighted by Crippen LogP contribution is 2.27. The quantitative estimate of drug-likeness (QED) is 0.767. The van der Waals surface area contributed by atoms with E-state index in [4.69, 9.17) is 0 Å². The van der Waals surface area contributed by atoms with E-state index < -0.39 is 0 Å². The van der Waals surface area contributed by atoms with Crippen LogP contribution < -0.4 is 10.2 Å². The van der Waals surface area contributed by atoms with Gasteiger partial charge in [-0.15, -0.1) is 10.2 Å². The van der Waals surface area contributed by atoms with Crippen LogP contribution in [0, 0.1) is 0 Å². The number of anilines is 2. The fourth-order valence-corrected chi connectivity index (χ4v) is 3.94. The maximum atomic E-state index is 12.8. The van der Waals surface area contributed by atoms with Gasteiger partial charge in [0.15, 0.2) is 0 Å². The molecule has 2 aliphatic heterocycles. The molecular weight excluding hydrogens is 394 g/mol. The van der Waals surface area contributed by atoms with E-state index >= 15 is 0 Å². The van der Waals surface area contributed by atoms with Crippen LogP contribution in [0.3, 0.4) is 0 Å². The Kier molecular flexibility index (Phi) is 5.33. The van der Waals surface area contributed by atoms with Crippen molar-refractivity contribution in [2.75, 3.05) is 29.9 Å². The minimum atomic E-state index is -0.339. The largest absolute Gasteiger partial charge is 0.391 e. The Bertz CT molecular complexity index is 1030. The van der Waals surface area contributed by atoms with Gasteiger partial charge in [-0.25, -0.2) is 4.98 Å². The molecule has 9 nitrogen and oxygen atoms in total. The van der Waals surface area contributed by atoms with Gasteiger partial charge in [0.1, 0.15) is 23.6 Å². The molecule has 160 valence electrons. The van der Waals surface area contributed by atoms with Crippen molar-refractivity contribution in [3.8, 4) is 0 Å². The second kappa shape index (κ2) is 8.43. The summed E-state index contributed by atoms with van der Waals surface area (Å²) in [5.74, 6) is 0.116. The van der Waals surface area contributed by atoms with Crippen LogP contribution in [-0.2, 0) is 0 Å². The van der Waals surface area contributed by atoms with Crippen LogP contribution in [-0.4, -0.2) is 69.7 Å². The predicted octanol–water partition coefficient (Wildman–Crippen LogP) is 1.90. The van der Waals surface area contributed by atoms with Crippen molar-refractivity contribution in [1.29, 1.82) is 0 Å². The van der Waals surface area contributed by atoms with E-state index in [1.165, 1.54) is 12.8 Å². The number of aromatic nitrogens is 2. The van der Waals surface area contributed by atoms with Gasteiger partial charge in [0.05, 0.1) is 18.3 Å². The summed E-state index contributed by atoms with van der Waals surface area (Å²) in [6.45, 7) is 2.09. The molecule has 1 saturated carbocycles. The molecule has 0 spiro atoms. The van der Waals surface area contributed by atoms with Gasteiger partial charge in [-0.05, 0) is 49.9 Å². The lowest BCUT2D eigenvalue weighted by molar-refractivity contribution is 0.102. The first-order chi connectivity index (χ1) is 15.2. The molecule has 0 aromatic carbocycles. The van der Waals surface area contributed by atoms with E-state index in [1.807, 2.05) is 18.2 Å². The standard InChI is InChI=1S/C22H25N7O2/c30-17-3-2-10-28(12-17)16-8-9-23-19(11-16)22(31)26-21-5-1-4-18(25-21)20-13-29(14-24-27-20)15-6-7-15/h1,4-5,8-9,11,14-15,17,30H,2-3,6-7,10,12-13H2,(H,25,26,31). The van der Waals surface area contributed by atoms with Crippen molar-refractivity contribution in [3.63, 3.8) is 0 Å². The third-order valence-corrected chi connectivity index (χ3v) is 5.75. The number of carbonyl (C=O) groups excluding carboxylic acids is 1. The lowest BCUT2D eigenvalue weighted by atomic mass is 10.1. The van der Waals surface area contributed by atoms with Crippen LogP contribution in [0.2, 0.25) is 0 Å². The third-order valence-electron chi connectivity index (χ3n) is 5.75. The maximum absolute atomic E-state index is 12.8. The molecule has 2 aromatic rings. The number of amides is 1. The van der Waals surface area contributed by atoms with Gasteiger partial charge < -0.3 is 20.2 Å². The first-order valence-corrected chi connectivity index (χ1v) is 10.7. The number of pyridine rings is 2. The molecule has 9 heteroatoms. The molecule has 1 saturated heterocycles. The van der Waals surface area contributed by atoms with Gasteiger partial charge in [0, 0.05) is 31.0 Å². The second-order valence-electron chi connectivity index (χ2n) is 8.18. The highest BCUT2D eigenvalue weighted by Gasteiger charge is 2.30. The Morgan fingerprint density at radius 3 is 2.94 bits per heavy atom. The van der Waals surface area contributed by atoms with E-state index in [9.17, 15) is 9.90 Å². The number of nitrogens with zero attached hydrogens (tertiary/aromatic N) is 6. The first-order valence-electron chi connectivity index (χ1n) is 10.7. The van der Waals surface area contributed by atoms with Crippen molar-refractivity contribution in [2.45, 2.75) is 37.8 Å². The van der Waals surface area contributed by atoms with Crippen LogP contribution in [0.1, 0.15) is 41.9 Å². The van der Waals surface area contributed by atoms with Gasteiger partial charge in [-0.1, -0.05) is 6.07 Å². The number of hydrogen-bond acceptors (Lipinski definition) is 8. The topological polar surface area (TPSA) is 106 Å². The van der Waals surface area contributed by atoms with Crippen LogP contribution in [0.25, 0.3) is 0 Å². The van der Waals surface area contributed by atoms with Crippen LogP contribution in [0.15, 0.2) is 46.7 Å². The summed E-state index contributed by atoms with van der Waals surface area (Å²) in [4.78, 5) is 25.9. The summed E-state index contributed by atoms with van der Waals surface area (Å²) in [5, 5.41) is 21.1. The first kappa shape index (κ1) is 19.6. The number of aliphatic hydroxyl groups excluding tert-OH is 1. The number of β-amino-alcohol motifs (C(OH)–C–C–N with tert-alkyl or cyclic N) is 1. The third kappa shape index (κ3) is 4.56. The Morgan fingerprint density at radius 2 is 2.10 bits per heavy atom. The number of rotatable bonds is 5. The van der Waals surface area contributed by atoms with Gasteiger partial charge in [-0.2, -0.15) is 0 Å². The molecule has 5 rings (SSSR count). The van der Waals surface area contributed by atoms with Crippen molar-refractivity contribution in [3.05, 3.63) is 47.9 Å². The summed E-state index contributed by atoms with van der Waals surface area (Å²) in [6, 6.07) is 9.64. The Morgan fingerprint density at radius 1 is 1.19 bits per heavy atom. The summed E-state index contributed by atoms with van der Waals surface area (Å²) in [5.41, 5.74) is 2.68. The Labute approximate surface area is 180 Å². The molecule has 1 aliphatic carbocycles. The van der Waals surface area contributed by atoms with Gasteiger partial charge >= 0.3 is 0 Å². The predicted molar refractivity (Wildman–Crippen MR) is 119 cm³/mol. The highest BCUT2D eigenvalue weighted by atomic mass is 16.3. The minimum absolute atomic E-state index is 0.310. The molecule has 1 amide bonds. The van der Waals surface area contributed by atoms with E-state index in [0.717, 1.165) is 30.8 Å². The zero-order valence-corrected chi connectivity index (χ0v) is 17.2. The fraction of sp³-hybridized carbons (Fsp3) is 0.409. The van der Waals surface area contributed by atoms with Crippen LogP contribution in [0.5, 0.6) is 0 Å². The summed E-state index contributed by atoms with van der Waals surface area (Å²) >= 11 is 0. The maximum Gasteiger partial charge on any atom is 0.275 e. The van der Waals surface area contributed by atoms with Crippen molar-refractivity contribution < 1.29 is 9.90 Å². The summed E-state index contributed by atoms with van der Waals surface area (Å²) < 4.78 is 0. The number of piperidine rings is 1. The zero-order valence-electron chi connectivity index (χ0n) is 17.2. The molecule has 4 heterocycles. The van der Waals surface area contributed by atoms with Gasteiger partial charge in [0.25, 0.3) is 5.91 Å². The molecule has 1 unspecified atom stereocenters. The minimum Gasteiger partial charge on any atom is -0.391 e. The monoisotopic (exact) mass is 419 g/mol. The van der Waals surface area contributed by atoms with Gasteiger partial charge in [-0.3, -0.25) is 9.78 Å².